The van der Waals surface area contributed by atoms with Crippen molar-refractivity contribution in [1.29, 1.82) is 0 Å². The molecule has 0 aliphatic heterocycles. The predicted molar refractivity (Wildman–Crippen MR) is 108 cm³/mol. The molecule has 1 amide bonds. The van der Waals surface area contributed by atoms with E-state index in [0.29, 0.717) is 30.3 Å². The second-order valence-electron chi connectivity index (χ2n) is 7.62. The van der Waals surface area contributed by atoms with E-state index in [1.807, 2.05) is 24.3 Å². The number of nitrogens with two attached hydrogens (primary N) is 1. The molecule has 0 spiro atoms. The molecule has 0 aromatic heterocycles. The summed E-state index contributed by atoms with van der Waals surface area (Å²) >= 11 is 0. The zero-order valence-electron chi connectivity index (χ0n) is 16.1. The molecule has 0 saturated heterocycles. The van der Waals surface area contributed by atoms with Crippen molar-refractivity contribution in [2.45, 2.75) is 69.9 Å². The highest BCUT2D eigenvalue weighted by Crippen LogP contribution is 2.19. The third-order valence-electron chi connectivity index (χ3n) is 5.13. The van der Waals surface area contributed by atoms with Gasteiger partial charge in [0.1, 0.15) is 5.75 Å². The number of nitrogens with zero attached hydrogens (tertiary/aromatic N) is 1. The number of guanidine groups is 1. The van der Waals surface area contributed by atoms with Crippen LogP contribution in [0.3, 0.4) is 0 Å². The number of hydrogen-bond donors (Lipinski definition) is 3. The van der Waals surface area contributed by atoms with E-state index in [9.17, 15) is 4.79 Å². The Bertz CT molecular complexity index is 618. The van der Waals surface area contributed by atoms with Crippen LogP contribution in [0.25, 0.3) is 0 Å². The molecule has 1 aromatic rings. The van der Waals surface area contributed by atoms with E-state index in [0.717, 1.165) is 19.3 Å². The fourth-order valence-electron chi connectivity index (χ4n) is 3.38. The van der Waals surface area contributed by atoms with Gasteiger partial charge >= 0.3 is 0 Å². The van der Waals surface area contributed by atoms with Crippen molar-refractivity contribution in [3.8, 4) is 5.75 Å². The van der Waals surface area contributed by atoms with Gasteiger partial charge in [0, 0.05) is 18.6 Å². The highest BCUT2D eigenvalue weighted by molar-refractivity contribution is 5.78. The Morgan fingerprint density at radius 1 is 1.00 bits per heavy atom. The molecule has 6 heteroatoms. The minimum atomic E-state index is -0.0486. The lowest BCUT2D eigenvalue weighted by molar-refractivity contribution is -0.123. The summed E-state index contributed by atoms with van der Waals surface area (Å²) in [7, 11) is 0. The van der Waals surface area contributed by atoms with Crippen LogP contribution in [0.15, 0.2) is 29.3 Å². The van der Waals surface area contributed by atoms with Gasteiger partial charge in [0.25, 0.3) is 5.91 Å². The topological polar surface area (TPSA) is 88.7 Å². The smallest absolute Gasteiger partial charge is 0.258 e. The van der Waals surface area contributed by atoms with Crippen LogP contribution in [-0.2, 0) is 11.2 Å². The molecular weight excluding hydrogens is 340 g/mol. The van der Waals surface area contributed by atoms with Crippen LogP contribution in [0.4, 0.5) is 0 Å². The van der Waals surface area contributed by atoms with Crippen molar-refractivity contribution in [3.05, 3.63) is 29.8 Å². The first-order valence-electron chi connectivity index (χ1n) is 10.3. The van der Waals surface area contributed by atoms with E-state index in [1.54, 1.807) is 0 Å². The molecule has 1 aromatic carbocycles. The number of nitrogens with one attached hydrogen (secondary N) is 2. The van der Waals surface area contributed by atoms with Gasteiger partial charge in [-0.15, -0.1) is 0 Å². The molecule has 0 bridgehead atoms. The van der Waals surface area contributed by atoms with Gasteiger partial charge in [-0.25, -0.2) is 0 Å². The second kappa shape index (κ2) is 10.2. The summed E-state index contributed by atoms with van der Waals surface area (Å²) in [5, 5.41) is 6.28. The van der Waals surface area contributed by atoms with Crippen molar-refractivity contribution in [1.82, 2.24) is 10.6 Å². The maximum absolute atomic E-state index is 11.6. The average molecular weight is 373 g/mol. The van der Waals surface area contributed by atoms with Crippen LogP contribution in [0.5, 0.6) is 5.75 Å². The van der Waals surface area contributed by atoms with E-state index in [-0.39, 0.29) is 12.5 Å². The van der Waals surface area contributed by atoms with Crippen molar-refractivity contribution < 1.29 is 9.53 Å². The van der Waals surface area contributed by atoms with Gasteiger partial charge in [0.15, 0.2) is 12.6 Å². The molecule has 2 fully saturated rings. The van der Waals surface area contributed by atoms with Crippen LogP contribution in [0, 0.1) is 0 Å². The molecule has 0 radical (unpaired) electrons. The quantitative estimate of drug-likeness (QED) is 0.372. The molecule has 2 saturated carbocycles. The number of carbonyl (C=O) groups is 1. The number of rotatable bonds is 8. The first kappa shape index (κ1) is 19.5. The van der Waals surface area contributed by atoms with E-state index < -0.39 is 0 Å². The predicted octanol–water partition coefficient (Wildman–Crippen LogP) is 2.51. The Kier molecular flexibility index (Phi) is 7.36. The fraction of sp³-hybridized carbons (Fsp3) is 0.619. The lowest BCUT2D eigenvalue weighted by Gasteiger charge is -2.16. The standard InChI is InChI=1S/C21H32N4O2/c22-21(25-17-5-3-1-2-4-6-17)23-14-13-16-7-11-19(12-8-16)27-15-20(26)24-18-9-10-18/h7-8,11-12,17-18H,1-6,9-10,13-15H2,(H,24,26)(H3,22,23,25). The summed E-state index contributed by atoms with van der Waals surface area (Å²) in [5.74, 6) is 1.22. The summed E-state index contributed by atoms with van der Waals surface area (Å²) in [6, 6.07) is 8.67. The normalized spacial score (nSPS) is 18.6. The van der Waals surface area contributed by atoms with Gasteiger partial charge < -0.3 is 21.1 Å². The minimum absolute atomic E-state index is 0.0486. The number of ether oxygens (including phenoxy) is 1. The van der Waals surface area contributed by atoms with Crippen LogP contribution in [-0.4, -0.2) is 37.1 Å². The minimum Gasteiger partial charge on any atom is -0.484 e. The number of aliphatic imine (C=N–C) groups is 1. The van der Waals surface area contributed by atoms with Crippen LogP contribution in [0.1, 0.15) is 56.9 Å². The molecule has 4 N–H and O–H groups in total. The molecule has 2 aliphatic rings. The zero-order chi connectivity index (χ0) is 18.9. The highest BCUT2D eigenvalue weighted by Gasteiger charge is 2.23. The van der Waals surface area contributed by atoms with E-state index in [4.69, 9.17) is 10.5 Å². The third kappa shape index (κ3) is 7.49. The Morgan fingerprint density at radius 2 is 1.67 bits per heavy atom. The van der Waals surface area contributed by atoms with Crippen molar-refractivity contribution >= 4 is 11.9 Å². The number of carbonyl (C=O) groups excluding carboxylic acids is 1. The second-order valence-corrected chi connectivity index (χ2v) is 7.62. The van der Waals surface area contributed by atoms with Gasteiger partial charge in [-0.05, 0) is 49.8 Å². The molecule has 27 heavy (non-hydrogen) atoms. The molecule has 148 valence electrons. The summed E-state index contributed by atoms with van der Waals surface area (Å²) < 4.78 is 5.52. The van der Waals surface area contributed by atoms with Crippen LogP contribution < -0.4 is 21.1 Å². The lowest BCUT2D eigenvalue weighted by atomic mass is 10.1. The maximum atomic E-state index is 11.6. The Balaban J connectivity index is 1.35. The Morgan fingerprint density at radius 3 is 2.33 bits per heavy atom. The Labute approximate surface area is 162 Å². The SMILES string of the molecule is NC(=NCCc1ccc(OCC(=O)NC2CC2)cc1)NC1CCCCCC1. The van der Waals surface area contributed by atoms with E-state index in [2.05, 4.69) is 15.6 Å². The third-order valence-corrected chi connectivity index (χ3v) is 5.13. The lowest BCUT2D eigenvalue weighted by Crippen LogP contribution is -2.40. The summed E-state index contributed by atoms with van der Waals surface area (Å²) in [5.41, 5.74) is 7.21. The van der Waals surface area contributed by atoms with Gasteiger partial charge in [0.05, 0.1) is 0 Å². The average Bonchev–Trinajstić information content (AvgIpc) is 3.49. The number of benzene rings is 1. The summed E-state index contributed by atoms with van der Waals surface area (Å²) in [6.45, 7) is 0.735. The number of amides is 1. The summed E-state index contributed by atoms with van der Waals surface area (Å²) in [6.07, 6.45) is 10.6. The molecular formula is C21H32N4O2. The molecule has 6 nitrogen and oxygen atoms in total. The van der Waals surface area contributed by atoms with Gasteiger partial charge in [0.2, 0.25) is 0 Å². The van der Waals surface area contributed by atoms with Gasteiger partial charge in [-0.1, -0.05) is 37.8 Å². The Hall–Kier alpha value is -2.24. The van der Waals surface area contributed by atoms with Gasteiger partial charge in [-0.3, -0.25) is 9.79 Å². The molecule has 2 aliphatic carbocycles. The largest absolute Gasteiger partial charge is 0.484 e. The van der Waals surface area contributed by atoms with Crippen molar-refractivity contribution in [2.75, 3.05) is 13.2 Å². The fourth-order valence-corrected chi connectivity index (χ4v) is 3.38. The first-order chi connectivity index (χ1) is 13.2. The molecule has 0 atom stereocenters. The monoisotopic (exact) mass is 372 g/mol. The van der Waals surface area contributed by atoms with Crippen molar-refractivity contribution in [2.24, 2.45) is 10.7 Å². The molecule has 0 unspecified atom stereocenters. The maximum Gasteiger partial charge on any atom is 0.258 e. The highest BCUT2D eigenvalue weighted by atomic mass is 16.5. The van der Waals surface area contributed by atoms with E-state index in [1.165, 1.54) is 44.1 Å². The molecule has 3 rings (SSSR count). The summed E-state index contributed by atoms with van der Waals surface area (Å²) in [4.78, 5) is 16.1. The van der Waals surface area contributed by atoms with Crippen LogP contribution in [0.2, 0.25) is 0 Å². The molecule has 0 heterocycles. The van der Waals surface area contributed by atoms with Gasteiger partial charge in [-0.2, -0.15) is 0 Å². The van der Waals surface area contributed by atoms with Crippen LogP contribution >= 0.6 is 0 Å². The van der Waals surface area contributed by atoms with Crippen molar-refractivity contribution in [3.63, 3.8) is 0 Å². The first-order valence-corrected chi connectivity index (χ1v) is 10.3. The zero-order valence-corrected chi connectivity index (χ0v) is 16.1. The van der Waals surface area contributed by atoms with E-state index >= 15 is 0 Å². The number of hydrogen-bond acceptors (Lipinski definition) is 3.